The first-order valence-corrected chi connectivity index (χ1v) is 5.97. The van der Waals surface area contributed by atoms with Gasteiger partial charge in [-0.3, -0.25) is 0 Å². The van der Waals surface area contributed by atoms with E-state index < -0.39 is 0 Å². The number of hydrogen-bond acceptors (Lipinski definition) is 2. The van der Waals surface area contributed by atoms with Crippen molar-refractivity contribution in [3.05, 3.63) is 28.8 Å². The highest BCUT2D eigenvalue weighted by atomic mass is 35.5. The van der Waals surface area contributed by atoms with Crippen LogP contribution in [0.5, 0.6) is 5.75 Å². The number of nitrogens with one attached hydrogen (secondary N) is 1. The minimum absolute atomic E-state index is 0.304. The Morgan fingerprint density at radius 3 is 2.50 bits per heavy atom. The van der Waals surface area contributed by atoms with Gasteiger partial charge in [0.05, 0.1) is 7.11 Å². The largest absolute Gasteiger partial charge is 0.497 e. The third kappa shape index (κ3) is 3.39. The second kappa shape index (κ2) is 6.12. The number of halogens is 1. The van der Waals surface area contributed by atoms with Crippen molar-refractivity contribution in [2.24, 2.45) is 5.92 Å². The van der Waals surface area contributed by atoms with Crippen molar-refractivity contribution >= 4 is 11.6 Å². The molecule has 0 spiro atoms. The first kappa shape index (κ1) is 13.3. The number of rotatable bonds is 5. The van der Waals surface area contributed by atoms with E-state index in [9.17, 15) is 0 Å². The molecule has 0 bridgehead atoms. The van der Waals surface area contributed by atoms with Crippen LogP contribution in [0.1, 0.15) is 31.9 Å². The normalized spacial score (nSPS) is 12.9. The van der Waals surface area contributed by atoms with Crippen LogP contribution in [-0.2, 0) is 0 Å². The molecule has 1 atom stereocenters. The molecule has 1 aromatic rings. The van der Waals surface area contributed by atoms with E-state index >= 15 is 0 Å². The summed E-state index contributed by atoms with van der Waals surface area (Å²) in [6.07, 6.45) is 1.07. The van der Waals surface area contributed by atoms with E-state index in [1.54, 1.807) is 7.11 Å². The third-order valence-corrected chi connectivity index (χ3v) is 2.97. The molecule has 3 heteroatoms. The Morgan fingerprint density at radius 1 is 1.38 bits per heavy atom. The van der Waals surface area contributed by atoms with Crippen LogP contribution in [0.3, 0.4) is 0 Å². The number of benzene rings is 1. The molecule has 0 aliphatic heterocycles. The Kier molecular flexibility index (Phi) is 5.10. The van der Waals surface area contributed by atoms with Crippen molar-refractivity contribution in [1.29, 1.82) is 0 Å². The first-order valence-electron chi connectivity index (χ1n) is 5.59. The second-order valence-electron chi connectivity index (χ2n) is 4.36. The predicted octanol–water partition coefficient (Wildman–Crippen LogP) is 3.66. The molecule has 90 valence electrons. The molecular formula is C13H20ClNO. The van der Waals surface area contributed by atoms with Gasteiger partial charge in [-0.1, -0.05) is 31.5 Å². The van der Waals surface area contributed by atoms with Crippen molar-refractivity contribution in [3.63, 3.8) is 0 Å². The fourth-order valence-corrected chi connectivity index (χ4v) is 2.09. The third-order valence-electron chi connectivity index (χ3n) is 2.64. The van der Waals surface area contributed by atoms with Crippen molar-refractivity contribution < 1.29 is 4.74 Å². The molecule has 0 aliphatic rings. The van der Waals surface area contributed by atoms with Crippen LogP contribution in [-0.4, -0.2) is 14.2 Å². The lowest BCUT2D eigenvalue weighted by Crippen LogP contribution is -2.18. The summed E-state index contributed by atoms with van der Waals surface area (Å²) in [5, 5.41) is 4.07. The molecule has 0 saturated carbocycles. The van der Waals surface area contributed by atoms with Crippen LogP contribution < -0.4 is 10.1 Å². The average molecular weight is 242 g/mol. The average Bonchev–Trinajstić information content (AvgIpc) is 2.25. The summed E-state index contributed by atoms with van der Waals surface area (Å²) in [4.78, 5) is 0. The van der Waals surface area contributed by atoms with Gasteiger partial charge in [0, 0.05) is 11.1 Å². The molecule has 0 amide bonds. The van der Waals surface area contributed by atoms with E-state index in [-0.39, 0.29) is 0 Å². The lowest BCUT2D eigenvalue weighted by Gasteiger charge is -2.20. The molecule has 0 aromatic heterocycles. The molecule has 0 fully saturated rings. The molecule has 0 saturated heterocycles. The van der Waals surface area contributed by atoms with Gasteiger partial charge in [-0.15, -0.1) is 0 Å². The fraction of sp³-hybridized carbons (Fsp3) is 0.538. The molecule has 2 nitrogen and oxygen atoms in total. The van der Waals surface area contributed by atoms with Gasteiger partial charge in [-0.2, -0.15) is 0 Å². The van der Waals surface area contributed by atoms with E-state index in [1.165, 1.54) is 0 Å². The molecule has 0 radical (unpaired) electrons. The molecule has 1 aromatic carbocycles. The van der Waals surface area contributed by atoms with Gasteiger partial charge in [0.15, 0.2) is 0 Å². The molecule has 0 heterocycles. The van der Waals surface area contributed by atoms with Crippen molar-refractivity contribution in [3.8, 4) is 5.75 Å². The zero-order valence-electron chi connectivity index (χ0n) is 10.4. The van der Waals surface area contributed by atoms with Gasteiger partial charge in [0.25, 0.3) is 0 Å². The Morgan fingerprint density at radius 2 is 2.06 bits per heavy atom. The lowest BCUT2D eigenvalue weighted by molar-refractivity contribution is 0.413. The standard InChI is InChI=1S/C13H20ClNO/c1-9(2)7-13(15-3)11-6-5-10(16-4)8-12(11)14/h5-6,8-9,13,15H,7H2,1-4H3. The highest BCUT2D eigenvalue weighted by molar-refractivity contribution is 6.31. The van der Waals surface area contributed by atoms with Gasteiger partial charge < -0.3 is 10.1 Å². The van der Waals surface area contributed by atoms with Crippen LogP contribution in [0, 0.1) is 5.92 Å². The Balaban J connectivity index is 2.92. The molecule has 0 aliphatic carbocycles. The van der Waals surface area contributed by atoms with E-state index in [0.29, 0.717) is 12.0 Å². The van der Waals surface area contributed by atoms with E-state index in [4.69, 9.17) is 16.3 Å². The number of methoxy groups -OCH3 is 1. The van der Waals surface area contributed by atoms with Crippen LogP contribution >= 0.6 is 11.6 Å². The number of hydrogen-bond donors (Lipinski definition) is 1. The van der Waals surface area contributed by atoms with Crippen molar-refractivity contribution in [2.45, 2.75) is 26.3 Å². The SMILES string of the molecule is CNC(CC(C)C)c1ccc(OC)cc1Cl. The first-order chi connectivity index (χ1) is 7.58. The Bertz CT molecular complexity index is 339. The molecule has 1 N–H and O–H groups in total. The summed E-state index contributed by atoms with van der Waals surface area (Å²) in [7, 11) is 3.61. The maximum Gasteiger partial charge on any atom is 0.120 e. The van der Waals surface area contributed by atoms with Crippen LogP contribution in [0.2, 0.25) is 5.02 Å². The molecule has 16 heavy (non-hydrogen) atoms. The van der Waals surface area contributed by atoms with Gasteiger partial charge >= 0.3 is 0 Å². The quantitative estimate of drug-likeness (QED) is 0.850. The summed E-state index contributed by atoms with van der Waals surface area (Å²) >= 11 is 6.25. The minimum Gasteiger partial charge on any atom is -0.497 e. The summed E-state index contributed by atoms with van der Waals surface area (Å²) in [6.45, 7) is 4.42. The second-order valence-corrected chi connectivity index (χ2v) is 4.77. The summed E-state index contributed by atoms with van der Waals surface area (Å²) in [5.74, 6) is 1.43. The van der Waals surface area contributed by atoms with Crippen LogP contribution in [0.25, 0.3) is 0 Å². The summed E-state index contributed by atoms with van der Waals surface area (Å²) in [6, 6.07) is 6.15. The summed E-state index contributed by atoms with van der Waals surface area (Å²) < 4.78 is 5.14. The summed E-state index contributed by atoms with van der Waals surface area (Å²) in [5.41, 5.74) is 1.14. The zero-order chi connectivity index (χ0) is 12.1. The predicted molar refractivity (Wildman–Crippen MR) is 69.3 cm³/mol. The van der Waals surface area contributed by atoms with E-state index in [1.807, 2.05) is 25.2 Å². The van der Waals surface area contributed by atoms with E-state index in [0.717, 1.165) is 22.8 Å². The molecule has 1 rings (SSSR count). The lowest BCUT2D eigenvalue weighted by atomic mass is 9.97. The van der Waals surface area contributed by atoms with Gasteiger partial charge in [0.2, 0.25) is 0 Å². The monoisotopic (exact) mass is 241 g/mol. The molecule has 1 unspecified atom stereocenters. The van der Waals surface area contributed by atoms with Crippen molar-refractivity contribution in [1.82, 2.24) is 5.32 Å². The minimum atomic E-state index is 0.304. The van der Waals surface area contributed by atoms with Gasteiger partial charge in [-0.25, -0.2) is 0 Å². The highest BCUT2D eigenvalue weighted by Gasteiger charge is 2.14. The topological polar surface area (TPSA) is 21.3 Å². The van der Waals surface area contributed by atoms with Gasteiger partial charge in [0.1, 0.15) is 5.75 Å². The Labute approximate surface area is 103 Å². The highest BCUT2D eigenvalue weighted by Crippen LogP contribution is 2.30. The van der Waals surface area contributed by atoms with Crippen molar-refractivity contribution in [2.75, 3.05) is 14.2 Å². The van der Waals surface area contributed by atoms with E-state index in [2.05, 4.69) is 19.2 Å². The maximum atomic E-state index is 6.25. The van der Waals surface area contributed by atoms with Crippen LogP contribution in [0.15, 0.2) is 18.2 Å². The Hall–Kier alpha value is -0.730. The maximum absolute atomic E-state index is 6.25. The smallest absolute Gasteiger partial charge is 0.120 e. The molecular weight excluding hydrogens is 222 g/mol. The number of ether oxygens (including phenoxy) is 1. The van der Waals surface area contributed by atoms with Crippen LogP contribution in [0.4, 0.5) is 0 Å². The fourth-order valence-electron chi connectivity index (χ4n) is 1.79. The van der Waals surface area contributed by atoms with Gasteiger partial charge in [-0.05, 0) is 37.1 Å². The zero-order valence-corrected chi connectivity index (χ0v) is 11.1.